The normalized spacial score (nSPS) is 18.6. The average Bonchev–Trinajstić information content (AvgIpc) is 2.68. The lowest BCUT2D eigenvalue weighted by atomic mass is 10.1. The van der Waals surface area contributed by atoms with Gasteiger partial charge in [-0.1, -0.05) is 18.2 Å². The van der Waals surface area contributed by atoms with Crippen LogP contribution in [0, 0.1) is 0 Å². The second kappa shape index (κ2) is 7.19. The Morgan fingerprint density at radius 2 is 1.93 bits per heavy atom. The second-order valence-electron chi connectivity index (χ2n) is 6.49. The minimum atomic E-state index is -0.854. The molecule has 0 bridgehead atoms. The summed E-state index contributed by atoms with van der Waals surface area (Å²) in [5.74, 6) is 1.35. The van der Waals surface area contributed by atoms with Crippen LogP contribution in [0.2, 0.25) is 0 Å². The van der Waals surface area contributed by atoms with Gasteiger partial charge in [-0.05, 0) is 36.8 Å². The molecule has 0 saturated carbocycles. The van der Waals surface area contributed by atoms with Crippen LogP contribution >= 0.6 is 0 Å². The Morgan fingerprint density at radius 1 is 1.15 bits per heavy atom. The molecule has 2 heterocycles. The molecule has 0 radical (unpaired) electrons. The zero-order valence-corrected chi connectivity index (χ0v) is 14.9. The molecule has 7 heteroatoms. The Bertz CT molecular complexity index is 882. The zero-order chi connectivity index (χ0) is 18.8. The number of amides is 2. The van der Waals surface area contributed by atoms with E-state index in [-0.39, 0.29) is 24.3 Å². The monoisotopic (exact) mass is 368 g/mol. The summed E-state index contributed by atoms with van der Waals surface area (Å²) in [6.45, 7) is 2.92. The van der Waals surface area contributed by atoms with E-state index in [1.165, 1.54) is 0 Å². The maximum absolute atomic E-state index is 12.4. The summed E-state index contributed by atoms with van der Waals surface area (Å²) in [7, 11) is 0. The summed E-state index contributed by atoms with van der Waals surface area (Å²) in [4.78, 5) is 24.6. The molecule has 2 aliphatic rings. The van der Waals surface area contributed by atoms with Crippen molar-refractivity contribution in [2.75, 3.05) is 18.5 Å². The highest BCUT2D eigenvalue weighted by Crippen LogP contribution is 2.33. The highest BCUT2D eigenvalue weighted by Gasteiger charge is 2.30. The molecule has 2 aromatic rings. The van der Waals surface area contributed by atoms with Crippen LogP contribution in [0.15, 0.2) is 42.5 Å². The first-order valence-corrected chi connectivity index (χ1v) is 8.85. The molecule has 0 aromatic heterocycles. The lowest BCUT2D eigenvalue weighted by Crippen LogP contribution is -2.41. The quantitative estimate of drug-likeness (QED) is 0.866. The molecule has 140 valence electrons. The second-order valence-corrected chi connectivity index (χ2v) is 6.49. The number of ether oxygens (including phenoxy) is 3. The molecule has 2 aliphatic heterocycles. The van der Waals surface area contributed by atoms with E-state index in [1.807, 2.05) is 37.3 Å². The maximum Gasteiger partial charge on any atom is 0.266 e. The number of benzene rings is 2. The number of carbonyl (C=O) groups is 2. The predicted molar refractivity (Wildman–Crippen MR) is 98.1 cm³/mol. The van der Waals surface area contributed by atoms with Gasteiger partial charge in [0.1, 0.15) is 19.0 Å². The van der Waals surface area contributed by atoms with E-state index >= 15 is 0 Å². The molecule has 0 spiro atoms. The largest absolute Gasteiger partial charge is 0.486 e. The molecule has 0 aliphatic carbocycles. The Labute approximate surface area is 156 Å². The van der Waals surface area contributed by atoms with Gasteiger partial charge in [0, 0.05) is 0 Å². The van der Waals surface area contributed by atoms with Gasteiger partial charge < -0.3 is 24.8 Å². The van der Waals surface area contributed by atoms with E-state index in [2.05, 4.69) is 10.6 Å². The van der Waals surface area contributed by atoms with Gasteiger partial charge in [0.25, 0.3) is 5.91 Å². The first-order valence-electron chi connectivity index (χ1n) is 8.85. The summed E-state index contributed by atoms with van der Waals surface area (Å²) in [6, 6.07) is 12.5. The first kappa shape index (κ1) is 17.2. The Balaban J connectivity index is 1.38. The maximum atomic E-state index is 12.4. The minimum Gasteiger partial charge on any atom is -0.486 e. The number of hydrogen-bond donors (Lipinski definition) is 2. The number of hydrogen-bond acceptors (Lipinski definition) is 5. The summed E-state index contributed by atoms with van der Waals surface area (Å²) < 4.78 is 16.8. The van der Waals surface area contributed by atoms with E-state index in [9.17, 15) is 9.59 Å². The third kappa shape index (κ3) is 3.67. The van der Waals surface area contributed by atoms with Crippen LogP contribution in [0.4, 0.5) is 5.69 Å². The number of para-hydroxylation sites is 2. The third-order valence-electron chi connectivity index (χ3n) is 4.52. The molecule has 2 amide bonds. The molecule has 2 aromatic carbocycles. The van der Waals surface area contributed by atoms with Gasteiger partial charge in [-0.15, -0.1) is 0 Å². The van der Waals surface area contributed by atoms with E-state index in [0.29, 0.717) is 36.1 Å². The van der Waals surface area contributed by atoms with Crippen molar-refractivity contribution in [1.29, 1.82) is 0 Å². The molecular weight excluding hydrogens is 348 g/mol. The fraction of sp³-hybridized carbons (Fsp3) is 0.300. The van der Waals surface area contributed by atoms with Crippen LogP contribution in [0.25, 0.3) is 0 Å². The van der Waals surface area contributed by atoms with Gasteiger partial charge in [0.2, 0.25) is 5.91 Å². The smallest absolute Gasteiger partial charge is 0.266 e. The molecule has 0 fully saturated rings. The minimum absolute atomic E-state index is 0.0605. The van der Waals surface area contributed by atoms with Crippen molar-refractivity contribution < 1.29 is 23.8 Å². The fourth-order valence-corrected chi connectivity index (χ4v) is 3.11. The highest BCUT2D eigenvalue weighted by atomic mass is 16.6. The van der Waals surface area contributed by atoms with Crippen molar-refractivity contribution in [2.45, 2.75) is 25.5 Å². The molecule has 4 rings (SSSR count). The number of rotatable bonds is 4. The van der Waals surface area contributed by atoms with Crippen LogP contribution in [-0.4, -0.2) is 31.1 Å². The van der Waals surface area contributed by atoms with Crippen molar-refractivity contribution in [1.82, 2.24) is 5.32 Å². The molecular formula is C20H20N2O5. The number of nitrogens with one attached hydrogen (secondary N) is 2. The molecule has 27 heavy (non-hydrogen) atoms. The lowest BCUT2D eigenvalue weighted by molar-refractivity contribution is -0.130. The molecule has 0 saturated heterocycles. The van der Waals surface area contributed by atoms with Crippen molar-refractivity contribution >= 4 is 17.5 Å². The van der Waals surface area contributed by atoms with E-state index in [1.54, 1.807) is 12.1 Å². The number of carbonyl (C=O) groups excluding carboxylic acids is 2. The van der Waals surface area contributed by atoms with Gasteiger partial charge >= 0.3 is 0 Å². The summed E-state index contributed by atoms with van der Waals surface area (Å²) in [5.41, 5.74) is 1.51. The van der Waals surface area contributed by atoms with E-state index < -0.39 is 6.10 Å². The SMILES string of the molecule is C[C@H](NC(=O)C[C@H]1Oc2ccccc2NC1=O)c1ccc2c(c1)OCCO2. The highest BCUT2D eigenvalue weighted by molar-refractivity contribution is 5.99. The first-order chi connectivity index (χ1) is 13.1. The molecule has 7 nitrogen and oxygen atoms in total. The van der Waals surface area contributed by atoms with Crippen molar-refractivity contribution in [3.63, 3.8) is 0 Å². The summed E-state index contributed by atoms with van der Waals surface area (Å²) in [5, 5.41) is 5.66. The average molecular weight is 368 g/mol. The van der Waals surface area contributed by atoms with Crippen LogP contribution < -0.4 is 24.8 Å². The van der Waals surface area contributed by atoms with Gasteiger partial charge in [-0.3, -0.25) is 9.59 Å². The Kier molecular flexibility index (Phi) is 4.58. The third-order valence-corrected chi connectivity index (χ3v) is 4.52. The van der Waals surface area contributed by atoms with E-state index in [0.717, 1.165) is 5.56 Å². The Morgan fingerprint density at radius 3 is 2.78 bits per heavy atom. The predicted octanol–water partition coefficient (Wildman–Crippen LogP) is 2.42. The van der Waals surface area contributed by atoms with Gasteiger partial charge in [-0.25, -0.2) is 0 Å². The van der Waals surface area contributed by atoms with Gasteiger partial charge in [0.05, 0.1) is 18.2 Å². The van der Waals surface area contributed by atoms with Gasteiger partial charge in [0.15, 0.2) is 17.6 Å². The zero-order valence-electron chi connectivity index (χ0n) is 14.9. The van der Waals surface area contributed by atoms with Crippen molar-refractivity contribution in [3.05, 3.63) is 48.0 Å². The molecule has 0 unspecified atom stereocenters. The number of anilines is 1. The lowest BCUT2D eigenvalue weighted by Gasteiger charge is -2.26. The number of fused-ring (bicyclic) bond motifs is 2. The standard InChI is InChI=1S/C20H20N2O5/c1-12(13-6-7-16-17(10-13)26-9-8-25-16)21-19(23)11-18-20(24)22-14-4-2-3-5-15(14)27-18/h2-7,10,12,18H,8-9,11H2,1H3,(H,21,23)(H,22,24)/t12-,18+/m0/s1. The molecule has 2 atom stereocenters. The van der Waals surface area contributed by atoms with Crippen LogP contribution in [-0.2, 0) is 9.59 Å². The summed E-state index contributed by atoms with van der Waals surface area (Å²) in [6.07, 6.45) is -0.915. The van der Waals surface area contributed by atoms with Gasteiger partial charge in [-0.2, -0.15) is 0 Å². The van der Waals surface area contributed by atoms with Crippen LogP contribution in [0.3, 0.4) is 0 Å². The van der Waals surface area contributed by atoms with E-state index in [4.69, 9.17) is 14.2 Å². The van der Waals surface area contributed by atoms with Crippen molar-refractivity contribution in [3.8, 4) is 17.2 Å². The molecule has 2 N–H and O–H groups in total. The fourth-order valence-electron chi connectivity index (χ4n) is 3.11. The Hall–Kier alpha value is -3.22. The topological polar surface area (TPSA) is 85.9 Å². The van der Waals surface area contributed by atoms with Crippen LogP contribution in [0.1, 0.15) is 24.9 Å². The summed E-state index contributed by atoms with van der Waals surface area (Å²) >= 11 is 0. The van der Waals surface area contributed by atoms with Crippen molar-refractivity contribution in [2.24, 2.45) is 0 Å². The van der Waals surface area contributed by atoms with Crippen LogP contribution in [0.5, 0.6) is 17.2 Å².